The van der Waals surface area contributed by atoms with Crippen molar-refractivity contribution in [2.75, 3.05) is 20.1 Å². The molecule has 2 unspecified atom stereocenters. The van der Waals surface area contributed by atoms with Gasteiger partial charge in [0.15, 0.2) is 0 Å². The highest BCUT2D eigenvalue weighted by Crippen LogP contribution is 2.37. The molecule has 1 aliphatic heterocycles. The van der Waals surface area contributed by atoms with Gasteiger partial charge in [-0.2, -0.15) is 0 Å². The van der Waals surface area contributed by atoms with Crippen LogP contribution in [0.5, 0.6) is 0 Å². The highest BCUT2D eigenvalue weighted by Gasteiger charge is 2.30. The number of aryl methyl sites for hydroxylation is 1. The molecule has 1 saturated heterocycles. The lowest BCUT2D eigenvalue weighted by atomic mass is 9.95. The fourth-order valence-corrected chi connectivity index (χ4v) is 3.42. The molecule has 2 atom stereocenters. The van der Waals surface area contributed by atoms with Crippen molar-refractivity contribution in [1.82, 2.24) is 4.90 Å². The molecule has 1 aromatic rings. The quantitative estimate of drug-likeness (QED) is 0.909. The van der Waals surface area contributed by atoms with E-state index in [1.807, 2.05) is 0 Å². The summed E-state index contributed by atoms with van der Waals surface area (Å²) in [5.41, 5.74) is 9.94. The Morgan fingerprint density at radius 2 is 2.12 bits per heavy atom. The van der Waals surface area contributed by atoms with E-state index in [2.05, 4.69) is 53.9 Å². The van der Waals surface area contributed by atoms with Gasteiger partial charge in [-0.15, -0.1) is 0 Å². The van der Waals surface area contributed by atoms with E-state index >= 15 is 0 Å². The molecule has 0 spiro atoms. The van der Waals surface area contributed by atoms with Crippen molar-refractivity contribution in [3.05, 3.63) is 33.3 Å². The maximum atomic E-state index is 5.80. The number of rotatable bonds is 2. The zero-order chi connectivity index (χ0) is 12.6. The van der Waals surface area contributed by atoms with Gasteiger partial charge in [-0.1, -0.05) is 22.0 Å². The first-order chi connectivity index (χ1) is 8.02. The first-order valence-electron chi connectivity index (χ1n) is 6.20. The van der Waals surface area contributed by atoms with Gasteiger partial charge in [0.2, 0.25) is 0 Å². The molecule has 2 nitrogen and oxygen atoms in total. The van der Waals surface area contributed by atoms with Crippen molar-refractivity contribution in [1.29, 1.82) is 0 Å². The van der Waals surface area contributed by atoms with Crippen molar-refractivity contribution in [3.63, 3.8) is 0 Å². The molecule has 1 fully saturated rings. The van der Waals surface area contributed by atoms with Crippen LogP contribution in [0.15, 0.2) is 16.6 Å². The predicted molar refractivity (Wildman–Crippen MR) is 76.1 cm³/mol. The summed E-state index contributed by atoms with van der Waals surface area (Å²) < 4.78 is 1.22. The molecule has 0 saturated carbocycles. The average Bonchev–Trinajstić information content (AvgIpc) is 2.65. The number of hydrogen-bond donors (Lipinski definition) is 1. The maximum Gasteiger partial charge on any atom is 0.0351 e. The molecule has 0 aromatic heterocycles. The number of nitrogens with zero attached hydrogens (tertiary/aromatic N) is 1. The van der Waals surface area contributed by atoms with Crippen LogP contribution in [-0.2, 0) is 0 Å². The number of likely N-dealkylation sites (tertiary alicyclic amines) is 1. The standard InChI is InChI=1S/C14H21BrN2/c1-9-4-12(10(2)13(15)5-9)14-6-11(7-16)8-17(14)3/h4-5,11,14H,6-8,16H2,1-3H3. The van der Waals surface area contributed by atoms with Crippen molar-refractivity contribution in [2.24, 2.45) is 11.7 Å². The van der Waals surface area contributed by atoms with E-state index in [1.54, 1.807) is 0 Å². The van der Waals surface area contributed by atoms with Gasteiger partial charge in [-0.05, 0) is 62.5 Å². The first-order valence-corrected chi connectivity index (χ1v) is 6.99. The van der Waals surface area contributed by atoms with E-state index in [0.29, 0.717) is 12.0 Å². The van der Waals surface area contributed by atoms with Crippen LogP contribution in [0.2, 0.25) is 0 Å². The molecule has 0 amide bonds. The minimum Gasteiger partial charge on any atom is -0.330 e. The third-order valence-electron chi connectivity index (χ3n) is 3.86. The largest absolute Gasteiger partial charge is 0.330 e. The van der Waals surface area contributed by atoms with E-state index in [4.69, 9.17) is 5.73 Å². The topological polar surface area (TPSA) is 29.3 Å². The summed E-state index contributed by atoms with van der Waals surface area (Å²) in [5.74, 6) is 0.642. The van der Waals surface area contributed by atoms with Crippen LogP contribution in [0.4, 0.5) is 0 Å². The Hall–Kier alpha value is -0.380. The van der Waals surface area contributed by atoms with Crippen molar-refractivity contribution >= 4 is 15.9 Å². The number of nitrogens with two attached hydrogens (primary N) is 1. The van der Waals surface area contributed by atoms with Crippen LogP contribution < -0.4 is 5.73 Å². The molecular weight excluding hydrogens is 276 g/mol. The normalized spacial score (nSPS) is 25.5. The number of hydrogen-bond acceptors (Lipinski definition) is 2. The Kier molecular flexibility index (Phi) is 3.91. The molecule has 0 radical (unpaired) electrons. The molecule has 0 aliphatic carbocycles. The smallest absolute Gasteiger partial charge is 0.0351 e. The highest BCUT2D eigenvalue weighted by molar-refractivity contribution is 9.10. The SMILES string of the molecule is Cc1cc(Br)c(C)c(C2CC(CN)CN2C)c1. The molecule has 17 heavy (non-hydrogen) atoms. The fourth-order valence-electron chi connectivity index (χ4n) is 2.83. The summed E-state index contributed by atoms with van der Waals surface area (Å²) in [6.45, 7) is 6.27. The monoisotopic (exact) mass is 296 g/mol. The van der Waals surface area contributed by atoms with E-state index in [-0.39, 0.29) is 0 Å². The summed E-state index contributed by atoms with van der Waals surface area (Å²) >= 11 is 3.65. The lowest BCUT2D eigenvalue weighted by Crippen LogP contribution is -2.21. The maximum absolute atomic E-state index is 5.80. The first kappa shape index (κ1) is 13.1. The number of benzene rings is 1. The zero-order valence-corrected chi connectivity index (χ0v) is 12.4. The molecule has 1 aliphatic rings. The molecule has 3 heteroatoms. The van der Waals surface area contributed by atoms with Crippen LogP contribution in [0.25, 0.3) is 0 Å². The van der Waals surface area contributed by atoms with Gasteiger partial charge in [0.1, 0.15) is 0 Å². The van der Waals surface area contributed by atoms with Crippen molar-refractivity contribution in [3.8, 4) is 0 Å². The van der Waals surface area contributed by atoms with Gasteiger partial charge < -0.3 is 5.73 Å². The predicted octanol–water partition coefficient (Wildman–Crippen LogP) is 3.02. The Morgan fingerprint density at radius 1 is 1.41 bits per heavy atom. The molecule has 2 N–H and O–H groups in total. The Morgan fingerprint density at radius 3 is 2.71 bits per heavy atom. The molecule has 1 aromatic carbocycles. The average molecular weight is 297 g/mol. The minimum absolute atomic E-state index is 0.528. The molecule has 94 valence electrons. The lowest BCUT2D eigenvalue weighted by Gasteiger charge is -2.22. The molecular formula is C14H21BrN2. The summed E-state index contributed by atoms with van der Waals surface area (Å²) in [6.07, 6.45) is 1.18. The van der Waals surface area contributed by atoms with Crippen LogP contribution in [0.1, 0.15) is 29.2 Å². The van der Waals surface area contributed by atoms with Gasteiger partial charge >= 0.3 is 0 Å². The van der Waals surface area contributed by atoms with Crippen LogP contribution in [0, 0.1) is 19.8 Å². The number of halogens is 1. The van der Waals surface area contributed by atoms with Gasteiger partial charge in [0.05, 0.1) is 0 Å². The second kappa shape index (κ2) is 5.09. The van der Waals surface area contributed by atoms with Crippen LogP contribution >= 0.6 is 15.9 Å². The van der Waals surface area contributed by atoms with E-state index in [1.165, 1.54) is 27.6 Å². The van der Waals surface area contributed by atoms with E-state index in [0.717, 1.165) is 13.1 Å². The van der Waals surface area contributed by atoms with Gasteiger partial charge in [0.25, 0.3) is 0 Å². The van der Waals surface area contributed by atoms with Crippen molar-refractivity contribution < 1.29 is 0 Å². The van der Waals surface area contributed by atoms with Gasteiger partial charge in [-0.3, -0.25) is 4.90 Å². The zero-order valence-electron chi connectivity index (χ0n) is 10.8. The third kappa shape index (κ3) is 2.56. The minimum atomic E-state index is 0.528. The summed E-state index contributed by atoms with van der Waals surface area (Å²) in [7, 11) is 2.20. The van der Waals surface area contributed by atoms with Crippen molar-refractivity contribution in [2.45, 2.75) is 26.3 Å². The second-order valence-corrected chi connectivity index (χ2v) is 6.11. The van der Waals surface area contributed by atoms with E-state index in [9.17, 15) is 0 Å². The molecule has 2 rings (SSSR count). The fraction of sp³-hybridized carbons (Fsp3) is 0.571. The Balaban J connectivity index is 2.34. The summed E-state index contributed by atoms with van der Waals surface area (Å²) in [4.78, 5) is 2.44. The van der Waals surface area contributed by atoms with Crippen LogP contribution in [-0.4, -0.2) is 25.0 Å². The lowest BCUT2D eigenvalue weighted by molar-refractivity contribution is 0.312. The Bertz CT molecular complexity index is 417. The summed E-state index contributed by atoms with van der Waals surface area (Å²) in [6, 6.07) is 5.04. The molecule has 0 bridgehead atoms. The van der Waals surface area contributed by atoms with Gasteiger partial charge in [-0.25, -0.2) is 0 Å². The highest BCUT2D eigenvalue weighted by atomic mass is 79.9. The Labute approximate surface area is 112 Å². The van der Waals surface area contributed by atoms with Crippen LogP contribution in [0.3, 0.4) is 0 Å². The second-order valence-electron chi connectivity index (χ2n) is 5.25. The van der Waals surface area contributed by atoms with Gasteiger partial charge in [0, 0.05) is 17.1 Å². The van der Waals surface area contributed by atoms with E-state index < -0.39 is 0 Å². The third-order valence-corrected chi connectivity index (χ3v) is 4.68. The summed E-state index contributed by atoms with van der Waals surface area (Å²) in [5, 5.41) is 0. The molecule has 1 heterocycles.